The van der Waals surface area contributed by atoms with Gasteiger partial charge in [-0.15, -0.1) is 11.8 Å². The first-order chi connectivity index (χ1) is 9.45. The predicted molar refractivity (Wildman–Crippen MR) is 80.7 cm³/mol. The quantitative estimate of drug-likeness (QED) is 0.515. The van der Waals surface area contributed by atoms with Crippen LogP contribution in [0.15, 0.2) is 35.4 Å². The van der Waals surface area contributed by atoms with E-state index in [1.165, 1.54) is 17.8 Å². The lowest BCUT2D eigenvalue weighted by atomic mass is 10.1. The predicted octanol–water partition coefficient (Wildman–Crippen LogP) is 3.41. The Balaban J connectivity index is 2.12. The van der Waals surface area contributed by atoms with Crippen LogP contribution >= 0.6 is 11.8 Å². The summed E-state index contributed by atoms with van der Waals surface area (Å²) >= 11 is 1.49. The SMILES string of the molecule is Cc1cc(C)nc(SCc2ccc(C(=N)N)cc2F)c1. The summed E-state index contributed by atoms with van der Waals surface area (Å²) in [6, 6.07) is 8.62. The fraction of sp³-hybridized carbons (Fsp3) is 0.200. The van der Waals surface area contributed by atoms with Gasteiger partial charge in [0.25, 0.3) is 0 Å². The lowest BCUT2D eigenvalue weighted by Gasteiger charge is -2.06. The van der Waals surface area contributed by atoms with Crippen LogP contribution in [0.1, 0.15) is 22.4 Å². The average Bonchev–Trinajstić information content (AvgIpc) is 2.36. The zero-order valence-corrected chi connectivity index (χ0v) is 12.2. The molecule has 1 aromatic heterocycles. The number of rotatable bonds is 4. The second-order valence-electron chi connectivity index (χ2n) is 4.63. The molecule has 104 valence electrons. The summed E-state index contributed by atoms with van der Waals surface area (Å²) in [4.78, 5) is 4.41. The summed E-state index contributed by atoms with van der Waals surface area (Å²) in [5.41, 5.74) is 8.42. The van der Waals surface area contributed by atoms with E-state index in [4.69, 9.17) is 11.1 Å². The molecule has 0 aliphatic rings. The van der Waals surface area contributed by atoms with E-state index in [1.54, 1.807) is 12.1 Å². The Kier molecular flexibility index (Phi) is 4.39. The van der Waals surface area contributed by atoms with Crippen LogP contribution in [-0.2, 0) is 5.75 Å². The summed E-state index contributed by atoms with van der Waals surface area (Å²) in [5.74, 6) is 0.0357. The van der Waals surface area contributed by atoms with Crippen molar-refractivity contribution in [3.63, 3.8) is 0 Å². The van der Waals surface area contributed by atoms with E-state index in [2.05, 4.69) is 4.98 Å². The van der Waals surface area contributed by atoms with Crippen LogP contribution in [0.5, 0.6) is 0 Å². The number of hydrogen-bond donors (Lipinski definition) is 2. The van der Waals surface area contributed by atoms with Crippen molar-refractivity contribution in [1.29, 1.82) is 5.41 Å². The Hall–Kier alpha value is -1.88. The van der Waals surface area contributed by atoms with E-state index in [0.717, 1.165) is 16.3 Å². The number of halogens is 1. The second kappa shape index (κ2) is 6.05. The van der Waals surface area contributed by atoms with E-state index >= 15 is 0 Å². The molecule has 0 saturated heterocycles. The average molecular weight is 289 g/mol. The molecule has 3 nitrogen and oxygen atoms in total. The van der Waals surface area contributed by atoms with Crippen LogP contribution in [-0.4, -0.2) is 10.8 Å². The molecule has 0 radical (unpaired) electrons. The molecule has 5 heteroatoms. The number of amidine groups is 1. The van der Waals surface area contributed by atoms with Crippen molar-refractivity contribution in [2.45, 2.75) is 24.6 Å². The number of nitrogen functional groups attached to an aromatic ring is 1. The number of aryl methyl sites for hydroxylation is 2. The van der Waals surface area contributed by atoms with Gasteiger partial charge in [-0.1, -0.05) is 12.1 Å². The Labute approximate surface area is 121 Å². The Bertz CT molecular complexity index is 635. The van der Waals surface area contributed by atoms with E-state index in [0.29, 0.717) is 16.9 Å². The third kappa shape index (κ3) is 3.57. The minimum absolute atomic E-state index is 0.126. The first-order valence-electron chi connectivity index (χ1n) is 6.16. The first-order valence-corrected chi connectivity index (χ1v) is 7.15. The van der Waals surface area contributed by atoms with E-state index in [-0.39, 0.29) is 11.7 Å². The number of thioether (sulfide) groups is 1. The van der Waals surface area contributed by atoms with Gasteiger partial charge in [-0.3, -0.25) is 5.41 Å². The smallest absolute Gasteiger partial charge is 0.127 e. The minimum Gasteiger partial charge on any atom is -0.384 e. The second-order valence-corrected chi connectivity index (χ2v) is 5.63. The third-order valence-corrected chi connectivity index (χ3v) is 3.77. The molecule has 0 amide bonds. The number of nitrogens with zero attached hydrogens (tertiary/aromatic N) is 1. The summed E-state index contributed by atoms with van der Waals surface area (Å²) in [7, 11) is 0. The zero-order valence-electron chi connectivity index (χ0n) is 11.4. The van der Waals surface area contributed by atoms with Crippen molar-refractivity contribution in [3.8, 4) is 0 Å². The summed E-state index contributed by atoms with van der Waals surface area (Å²) in [6.07, 6.45) is 0. The summed E-state index contributed by atoms with van der Waals surface area (Å²) in [6.45, 7) is 3.96. The number of hydrogen-bond acceptors (Lipinski definition) is 3. The van der Waals surface area contributed by atoms with Gasteiger partial charge in [0, 0.05) is 17.0 Å². The Morgan fingerprint density at radius 1 is 1.30 bits per heavy atom. The molecule has 0 saturated carbocycles. The fourth-order valence-corrected chi connectivity index (χ4v) is 2.88. The van der Waals surface area contributed by atoms with Crippen LogP contribution in [0.2, 0.25) is 0 Å². The van der Waals surface area contributed by atoms with Crippen LogP contribution in [0.3, 0.4) is 0 Å². The normalized spacial score (nSPS) is 10.6. The van der Waals surface area contributed by atoms with Crippen molar-refractivity contribution in [2.24, 2.45) is 5.73 Å². The maximum absolute atomic E-state index is 13.9. The van der Waals surface area contributed by atoms with E-state index < -0.39 is 0 Å². The molecular formula is C15H16FN3S. The molecular weight excluding hydrogens is 273 g/mol. The molecule has 0 aliphatic heterocycles. The number of nitrogens with one attached hydrogen (secondary N) is 1. The van der Waals surface area contributed by atoms with Crippen molar-refractivity contribution >= 4 is 17.6 Å². The van der Waals surface area contributed by atoms with Crippen molar-refractivity contribution in [1.82, 2.24) is 4.98 Å². The van der Waals surface area contributed by atoms with Crippen LogP contribution in [0.4, 0.5) is 4.39 Å². The molecule has 2 rings (SSSR count). The summed E-state index contributed by atoms with van der Waals surface area (Å²) in [5, 5.41) is 8.17. The van der Waals surface area contributed by atoms with Crippen LogP contribution < -0.4 is 5.73 Å². The molecule has 0 bridgehead atoms. The molecule has 20 heavy (non-hydrogen) atoms. The highest BCUT2D eigenvalue weighted by atomic mass is 32.2. The number of pyridine rings is 1. The molecule has 0 aliphatic carbocycles. The molecule has 1 aromatic carbocycles. The molecule has 0 unspecified atom stereocenters. The van der Waals surface area contributed by atoms with Gasteiger partial charge in [-0.2, -0.15) is 0 Å². The van der Waals surface area contributed by atoms with Crippen molar-refractivity contribution in [2.75, 3.05) is 0 Å². The molecule has 3 N–H and O–H groups in total. The molecule has 2 aromatic rings. The maximum atomic E-state index is 13.9. The number of benzene rings is 1. The van der Waals surface area contributed by atoms with Gasteiger partial charge in [0.05, 0.1) is 5.03 Å². The standard InChI is InChI=1S/C15H16FN3S/c1-9-5-10(2)19-14(6-9)20-8-12-4-3-11(15(17)18)7-13(12)16/h3-7H,8H2,1-2H3,(H3,17,18). The highest BCUT2D eigenvalue weighted by Crippen LogP contribution is 2.24. The van der Waals surface area contributed by atoms with Gasteiger partial charge < -0.3 is 5.73 Å². The van der Waals surface area contributed by atoms with Gasteiger partial charge in [0.1, 0.15) is 11.7 Å². The highest BCUT2D eigenvalue weighted by Gasteiger charge is 2.07. The molecule has 0 spiro atoms. The molecule has 1 heterocycles. The van der Waals surface area contributed by atoms with Gasteiger partial charge in [0.2, 0.25) is 0 Å². The zero-order chi connectivity index (χ0) is 14.7. The lowest BCUT2D eigenvalue weighted by molar-refractivity contribution is 0.617. The van der Waals surface area contributed by atoms with Crippen molar-refractivity contribution < 1.29 is 4.39 Å². The van der Waals surface area contributed by atoms with E-state index in [1.807, 2.05) is 26.0 Å². The maximum Gasteiger partial charge on any atom is 0.127 e. The van der Waals surface area contributed by atoms with Gasteiger partial charge in [-0.25, -0.2) is 9.37 Å². The van der Waals surface area contributed by atoms with Gasteiger partial charge >= 0.3 is 0 Å². The van der Waals surface area contributed by atoms with E-state index in [9.17, 15) is 4.39 Å². The number of aromatic nitrogens is 1. The molecule has 0 fully saturated rings. The topological polar surface area (TPSA) is 62.8 Å². The van der Waals surface area contributed by atoms with Crippen LogP contribution in [0, 0.1) is 25.1 Å². The summed E-state index contributed by atoms with van der Waals surface area (Å²) < 4.78 is 13.9. The Morgan fingerprint density at radius 2 is 2.05 bits per heavy atom. The third-order valence-electron chi connectivity index (χ3n) is 2.81. The molecule has 0 atom stereocenters. The van der Waals surface area contributed by atoms with Gasteiger partial charge in [0.15, 0.2) is 0 Å². The number of nitrogens with two attached hydrogens (primary N) is 1. The van der Waals surface area contributed by atoms with Crippen LogP contribution in [0.25, 0.3) is 0 Å². The lowest BCUT2D eigenvalue weighted by Crippen LogP contribution is -2.11. The first kappa shape index (κ1) is 14.5. The van der Waals surface area contributed by atoms with Crippen molar-refractivity contribution in [3.05, 3.63) is 58.5 Å². The minimum atomic E-state index is -0.338. The highest BCUT2D eigenvalue weighted by molar-refractivity contribution is 7.98. The largest absolute Gasteiger partial charge is 0.384 e. The fourth-order valence-electron chi connectivity index (χ4n) is 1.86. The Morgan fingerprint density at radius 3 is 2.65 bits per heavy atom. The van der Waals surface area contributed by atoms with Gasteiger partial charge in [-0.05, 0) is 43.2 Å². The monoisotopic (exact) mass is 289 g/mol.